The van der Waals surface area contributed by atoms with Crippen LogP contribution in [0.4, 0.5) is 13.2 Å². The summed E-state index contributed by atoms with van der Waals surface area (Å²) in [6.45, 7) is 3.45. The molecule has 3 rings (SSSR count). The predicted molar refractivity (Wildman–Crippen MR) is 89.8 cm³/mol. The number of benzene rings is 1. The number of pyridine rings is 1. The first-order valence-electron chi connectivity index (χ1n) is 8.14. The quantitative estimate of drug-likeness (QED) is 0.811. The van der Waals surface area contributed by atoms with Crippen LogP contribution in [0, 0.1) is 0 Å². The number of rotatable bonds is 4. The van der Waals surface area contributed by atoms with Crippen LogP contribution in [0.2, 0.25) is 0 Å². The van der Waals surface area contributed by atoms with Crippen molar-refractivity contribution in [2.75, 3.05) is 0 Å². The summed E-state index contributed by atoms with van der Waals surface area (Å²) in [6, 6.07) is 7.80. The Labute approximate surface area is 148 Å². The van der Waals surface area contributed by atoms with E-state index in [0.29, 0.717) is 5.88 Å². The zero-order valence-corrected chi connectivity index (χ0v) is 13.8. The van der Waals surface area contributed by atoms with E-state index >= 15 is 0 Å². The van der Waals surface area contributed by atoms with Gasteiger partial charge in [-0.05, 0) is 61.2 Å². The van der Waals surface area contributed by atoms with Gasteiger partial charge in [0.15, 0.2) is 0 Å². The summed E-state index contributed by atoms with van der Waals surface area (Å²) in [5.74, 6) is 0.338. The molecule has 0 bridgehead atoms. The lowest BCUT2D eigenvalue weighted by Crippen LogP contribution is -2.29. The van der Waals surface area contributed by atoms with E-state index < -0.39 is 11.7 Å². The first-order chi connectivity index (χ1) is 12.4. The summed E-state index contributed by atoms with van der Waals surface area (Å²) in [5.41, 5.74) is 1.00. The van der Waals surface area contributed by atoms with Gasteiger partial charge in [-0.2, -0.15) is 13.2 Å². The number of halogens is 3. The monoisotopic (exact) mass is 362 g/mol. The number of aromatic nitrogens is 1. The van der Waals surface area contributed by atoms with E-state index in [9.17, 15) is 18.0 Å². The molecule has 0 spiro atoms. The molecular weight excluding hydrogens is 345 g/mol. The lowest BCUT2D eigenvalue weighted by atomic mass is 9.91. The molecule has 4 nitrogen and oxygen atoms in total. The molecule has 0 saturated carbocycles. The van der Waals surface area contributed by atoms with E-state index in [1.54, 1.807) is 6.07 Å². The Morgan fingerprint density at radius 3 is 2.62 bits per heavy atom. The molecule has 1 atom stereocenters. The molecule has 0 fully saturated rings. The average Bonchev–Trinajstić information content (AvgIpc) is 2.61. The third-order valence-electron chi connectivity index (χ3n) is 4.17. The summed E-state index contributed by atoms with van der Waals surface area (Å²) in [4.78, 5) is 16.0. The number of hydrogen-bond acceptors (Lipinski definition) is 3. The van der Waals surface area contributed by atoms with Gasteiger partial charge in [0.05, 0.1) is 11.6 Å². The number of hydrogen-bond donors (Lipinski definition) is 1. The van der Waals surface area contributed by atoms with E-state index in [2.05, 4.69) is 16.9 Å². The van der Waals surface area contributed by atoms with Gasteiger partial charge in [-0.25, -0.2) is 4.98 Å². The van der Waals surface area contributed by atoms with Crippen LogP contribution in [0.1, 0.15) is 35.7 Å². The average molecular weight is 362 g/mol. The molecule has 1 unspecified atom stereocenters. The first kappa shape index (κ1) is 18.0. The van der Waals surface area contributed by atoms with Crippen molar-refractivity contribution in [1.82, 2.24) is 10.3 Å². The Bertz CT molecular complexity index is 817. The molecule has 0 radical (unpaired) electrons. The normalized spacial score (nSPS) is 16.5. The second kappa shape index (κ2) is 7.19. The molecule has 136 valence electrons. The van der Waals surface area contributed by atoms with Gasteiger partial charge in [0, 0.05) is 11.8 Å². The zero-order chi connectivity index (χ0) is 18.7. The minimum Gasteiger partial charge on any atom is -0.439 e. The topological polar surface area (TPSA) is 51.2 Å². The lowest BCUT2D eigenvalue weighted by Gasteiger charge is -2.25. The molecule has 1 heterocycles. The highest BCUT2D eigenvalue weighted by molar-refractivity contribution is 5.87. The van der Waals surface area contributed by atoms with Gasteiger partial charge in [0.25, 0.3) is 0 Å². The van der Waals surface area contributed by atoms with E-state index in [0.717, 1.165) is 42.7 Å². The van der Waals surface area contributed by atoms with E-state index in [1.807, 2.05) is 6.07 Å². The van der Waals surface area contributed by atoms with E-state index in [-0.39, 0.29) is 17.7 Å². The zero-order valence-electron chi connectivity index (χ0n) is 13.8. The molecule has 0 saturated heterocycles. The third-order valence-corrected chi connectivity index (χ3v) is 4.17. The Morgan fingerprint density at radius 2 is 1.96 bits per heavy atom. The second-order valence-electron chi connectivity index (χ2n) is 5.97. The maximum absolute atomic E-state index is 12.6. The molecule has 1 aliphatic rings. The number of nitrogens with zero attached hydrogens (tertiary/aromatic N) is 1. The van der Waals surface area contributed by atoms with Crippen molar-refractivity contribution in [3.8, 4) is 11.6 Å². The third kappa shape index (κ3) is 4.04. The summed E-state index contributed by atoms with van der Waals surface area (Å²) >= 11 is 0. The number of fused-ring (bicyclic) bond motifs is 1. The maximum atomic E-state index is 12.6. The van der Waals surface area contributed by atoms with Crippen LogP contribution in [-0.4, -0.2) is 10.9 Å². The van der Waals surface area contributed by atoms with Crippen molar-refractivity contribution in [2.24, 2.45) is 0 Å². The molecule has 2 aromatic rings. The van der Waals surface area contributed by atoms with Gasteiger partial charge in [0.1, 0.15) is 5.75 Å². The van der Waals surface area contributed by atoms with Crippen molar-refractivity contribution in [2.45, 2.75) is 31.5 Å². The summed E-state index contributed by atoms with van der Waals surface area (Å²) in [7, 11) is 0. The number of amides is 1. The fraction of sp³-hybridized carbons (Fsp3) is 0.263. The van der Waals surface area contributed by atoms with E-state index in [4.69, 9.17) is 4.74 Å². The van der Waals surface area contributed by atoms with Crippen LogP contribution < -0.4 is 10.1 Å². The summed E-state index contributed by atoms with van der Waals surface area (Å²) in [5, 5.41) is 2.87. The molecule has 1 aliphatic carbocycles. The molecular formula is C19H17F3N2O2. The van der Waals surface area contributed by atoms with Crippen molar-refractivity contribution < 1.29 is 22.7 Å². The first-order valence-corrected chi connectivity index (χ1v) is 8.14. The highest BCUT2D eigenvalue weighted by Crippen LogP contribution is 2.33. The van der Waals surface area contributed by atoms with Crippen molar-refractivity contribution in [3.63, 3.8) is 0 Å². The summed E-state index contributed by atoms with van der Waals surface area (Å²) in [6.07, 6.45) is -0.726. The summed E-state index contributed by atoms with van der Waals surface area (Å²) < 4.78 is 43.4. The fourth-order valence-corrected chi connectivity index (χ4v) is 2.91. The number of ether oxygens (including phenoxy) is 1. The van der Waals surface area contributed by atoms with Gasteiger partial charge in [-0.3, -0.25) is 4.79 Å². The van der Waals surface area contributed by atoms with E-state index in [1.165, 1.54) is 18.2 Å². The molecule has 1 aromatic carbocycles. The van der Waals surface area contributed by atoms with Crippen LogP contribution in [0.3, 0.4) is 0 Å². The van der Waals surface area contributed by atoms with Gasteiger partial charge < -0.3 is 10.1 Å². The number of carbonyl (C=O) groups excluding carboxylic acids is 1. The van der Waals surface area contributed by atoms with Gasteiger partial charge in [0.2, 0.25) is 11.8 Å². The van der Waals surface area contributed by atoms with Crippen LogP contribution >= 0.6 is 0 Å². The molecule has 1 N–H and O–H groups in total. The molecule has 1 aromatic heterocycles. The lowest BCUT2D eigenvalue weighted by molar-refractivity contribution is -0.137. The molecule has 0 aliphatic heterocycles. The Balaban J connectivity index is 1.76. The molecule has 7 heteroatoms. The number of nitrogens with one attached hydrogen (secondary N) is 1. The number of aryl methyl sites for hydroxylation is 1. The van der Waals surface area contributed by atoms with Crippen LogP contribution in [-0.2, 0) is 17.4 Å². The Kier molecular flexibility index (Phi) is 4.97. The fourth-order valence-electron chi connectivity index (χ4n) is 2.91. The minimum absolute atomic E-state index is 0.128. The van der Waals surface area contributed by atoms with Crippen molar-refractivity contribution in [3.05, 3.63) is 65.9 Å². The molecule has 1 amide bonds. The van der Waals surface area contributed by atoms with Crippen LogP contribution in [0.15, 0.2) is 49.1 Å². The van der Waals surface area contributed by atoms with Crippen LogP contribution in [0.5, 0.6) is 11.6 Å². The maximum Gasteiger partial charge on any atom is 0.416 e. The Morgan fingerprint density at radius 1 is 1.23 bits per heavy atom. The largest absolute Gasteiger partial charge is 0.439 e. The highest BCUT2D eigenvalue weighted by Gasteiger charge is 2.30. The number of carbonyl (C=O) groups is 1. The SMILES string of the molecule is C=CC(=O)NC1CCCc2nc(Oc3ccc(C(F)(F)F)cc3)ccc21. The smallest absolute Gasteiger partial charge is 0.416 e. The van der Waals surface area contributed by atoms with Gasteiger partial charge in [-0.1, -0.05) is 6.58 Å². The second-order valence-corrected chi connectivity index (χ2v) is 5.97. The highest BCUT2D eigenvalue weighted by atomic mass is 19.4. The van der Waals surface area contributed by atoms with Gasteiger partial charge in [-0.15, -0.1) is 0 Å². The predicted octanol–water partition coefficient (Wildman–Crippen LogP) is 4.57. The van der Waals surface area contributed by atoms with Crippen LogP contribution in [0.25, 0.3) is 0 Å². The number of alkyl halides is 3. The standard InChI is InChI=1S/C19H17F3N2O2/c1-2-17(25)23-15-4-3-5-16-14(15)10-11-18(24-16)26-13-8-6-12(7-9-13)19(20,21)22/h2,6-11,15H,1,3-5H2,(H,23,25). The van der Waals surface area contributed by atoms with Crippen molar-refractivity contribution in [1.29, 1.82) is 0 Å². The molecule has 26 heavy (non-hydrogen) atoms. The minimum atomic E-state index is -4.38. The van der Waals surface area contributed by atoms with Gasteiger partial charge >= 0.3 is 6.18 Å². The van der Waals surface area contributed by atoms with Crippen molar-refractivity contribution >= 4 is 5.91 Å². The Hall–Kier alpha value is -2.83.